The van der Waals surface area contributed by atoms with Crippen LogP contribution in [0.15, 0.2) is 35.3 Å². The van der Waals surface area contributed by atoms with E-state index in [4.69, 9.17) is 0 Å². The van der Waals surface area contributed by atoms with Crippen molar-refractivity contribution < 1.29 is 0 Å². The summed E-state index contributed by atoms with van der Waals surface area (Å²) in [5.41, 5.74) is 2.42. The molecular weight excluding hydrogens is 200 g/mol. The Morgan fingerprint density at radius 3 is 2.36 bits per heavy atom. The van der Waals surface area contributed by atoms with Crippen molar-refractivity contribution in [2.24, 2.45) is 0 Å². The average Bonchev–Trinajstić information content (AvgIpc) is 2.05. The Hall–Kier alpha value is -0.560. The molecule has 0 saturated heterocycles. The third-order valence-electron chi connectivity index (χ3n) is 1.68. The second-order valence-electron chi connectivity index (χ2n) is 2.46. The van der Waals surface area contributed by atoms with E-state index in [1.807, 2.05) is 12.1 Å². The predicted octanol–water partition coefficient (Wildman–Crippen LogP) is 3.87. The second kappa shape index (κ2) is 3.72. The number of hydrogen-bond donors (Lipinski definition) is 0. The predicted molar refractivity (Wildman–Crippen MR) is 53.5 cm³/mol. The van der Waals surface area contributed by atoms with E-state index in [0.717, 1.165) is 10.9 Å². The molecule has 0 aromatic heterocycles. The summed E-state index contributed by atoms with van der Waals surface area (Å²) in [5.74, 6) is 0. The molecule has 0 fully saturated rings. The summed E-state index contributed by atoms with van der Waals surface area (Å²) >= 11 is 3.39. The monoisotopic (exact) mass is 210 g/mol. The van der Waals surface area contributed by atoms with E-state index in [1.54, 1.807) is 0 Å². The molecule has 0 nitrogen and oxygen atoms in total. The first-order valence-corrected chi connectivity index (χ1v) is 4.47. The molecule has 1 aromatic rings. The molecule has 0 atom stereocenters. The maximum Gasteiger partial charge on any atom is 0.0175 e. The molecule has 1 heteroatoms. The summed E-state index contributed by atoms with van der Waals surface area (Å²) in [5, 5.41) is 0. The minimum atomic E-state index is 1.02. The maximum absolute atomic E-state index is 3.96. The molecule has 0 N–H and O–H groups in total. The summed E-state index contributed by atoms with van der Waals surface area (Å²) in [6, 6.07) is 8.23. The Labute approximate surface area is 76.1 Å². The third kappa shape index (κ3) is 2.19. The Kier molecular flexibility index (Phi) is 2.89. The van der Waals surface area contributed by atoms with Gasteiger partial charge in [-0.3, -0.25) is 0 Å². The van der Waals surface area contributed by atoms with E-state index in [9.17, 15) is 0 Å². The van der Waals surface area contributed by atoms with Crippen LogP contribution in [0.2, 0.25) is 0 Å². The van der Waals surface area contributed by atoms with Gasteiger partial charge >= 0.3 is 0 Å². The highest BCUT2D eigenvalue weighted by molar-refractivity contribution is 9.10. The van der Waals surface area contributed by atoms with Crippen LogP contribution in [0.1, 0.15) is 18.9 Å². The molecule has 0 amide bonds. The van der Waals surface area contributed by atoms with Crippen LogP contribution in [-0.4, -0.2) is 0 Å². The highest BCUT2D eigenvalue weighted by Crippen LogP contribution is 2.18. The minimum Gasteiger partial charge on any atom is -0.0952 e. The number of rotatable bonds is 2. The highest BCUT2D eigenvalue weighted by Gasteiger charge is 1.94. The molecule has 0 unspecified atom stereocenters. The van der Waals surface area contributed by atoms with Crippen molar-refractivity contribution in [2.45, 2.75) is 13.3 Å². The molecule has 1 rings (SSSR count). The van der Waals surface area contributed by atoms with E-state index in [0.29, 0.717) is 0 Å². The van der Waals surface area contributed by atoms with Crippen LogP contribution >= 0.6 is 15.9 Å². The fraction of sp³-hybridized carbons (Fsp3) is 0.200. The zero-order chi connectivity index (χ0) is 8.27. The summed E-state index contributed by atoms with van der Waals surface area (Å²) < 4.78 is 1.12. The lowest BCUT2D eigenvalue weighted by Gasteiger charge is -2.01. The van der Waals surface area contributed by atoms with Crippen molar-refractivity contribution in [3.8, 4) is 0 Å². The van der Waals surface area contributed by atoms with Crippen LogP contribution < -0.4 is 0 Å². The topological polar surface area (TPSA) is 0 Å². The fourth-order valence-electron chi connectivity index (χ4n) is 0.890. The lowest BCUT2D eigenvalue weighted by atomic mass is 10.1. The SMILES string of the molecule is C=C(CC)c1ccc(Br)cc1. The third-order valence-corrected chi connectivity index (χ3v) is 2.21. The molecule has 58 valence electrons. The van der Waals surface area contributed by atoms with Gasteiger partial charge in [0.05, 0.1) is 0 Å². The van der Waals surface area contributed by atoms with Crippen LogP contribution in [0, 0.1) is 0 Å². The summed E-state index contributed by atoms with van der Waals surface area (Å²) in [6.07, 6.45) is 1.02. The van der Waals surface area contributed by atoms with Crippen LogP contribution in [0.3, 0.4) is 0 Å². The average molecular weight is 211 g/mol. The van der Waals surface area contributed by atoms with Crippen LogP contribution in [-0.2, 0) is 0 Å². The normalized spacial score (nSPS) is 9.64. The van der Waals surface area contributed by atoms with Gasteiger partial charge in [0.2, 0.25) is 0 Å². The Bertz CT molecular complexity index is 246. The smallest absolute Gasteiger partial charge is 0.0175 e. The molecule has 0 radical (unpaired) electrons. The van der Waals surface area contributed by atoms with Crippen LogP contribution in [0.5, 0.6) is 0 Å². The first kappa shape index (κ1) is 8.54. The zero-order valence-corrected chi connectivity index (χ0v) is 8.19. The molecule has 0 heterocycles. The van der Waals surface area contributed by atoms with Gasteiger partial charge in [-0.25, -0.2) is 0 Å². The number of allylic oxidation sites excluding steroid dienone is 1. The Morgan fingerprint density at radius 2 is 1.91 bits per heavy atom. The van der Waals surface area contributed by atoms with Crippen LogP contribution in [0.25, 0.3) is 5.57 Å². The first-order chi connectivity index (χ1) is 5.24. The van der Waals surface area contributed by atoms with Gasteiger partial charge in [0.25, 0.3) is 0 Å². The zero-order valence-electron chi connectivity index (χ0n) is 6.60. The van der Waals surface area contributed by atoms with Gasteiger partial charge in [-0.1, -0.05) is 41.6 Å². The molecule has 0 spiro atoms. The van der Waals surface area contributed by atoms with Gasteiger partial charge in [0, 0.05) is 4.47 Å². The van der Waals surface area contributed by atoms with E-state index < -0.39 is 0 Å². The van der Waals surface area contributed by atoms with Crippen LogP contribution in [0.4, 0.5) is 0 Å². The van der Waals surface area contributed by atoms with E-state index >= 15 is 0 Å². The lowest BCUT2D eigenvalue weighted by Crippen LogP contribution is -1.78. The summed E-state index contributed by atoms with van der Waals surface area (Å²) in [4.78, 5) is 0. The van der Waals surface area contributed by atoms with Gasteiger partial charge in [0.15, 0.2) is 0 Å². The Morgan fingerprint density at radius 1 is 1.36 bits per heavy atom. The Balaban J connectivity index is 2.90. The molecule has 0 bridgehead atoms. The van der Waals surface area contributed by atoms with Crippen molar-refractivity contribution in [3.05, 3.63) is 40.9 Å². The van der Waals surface area contributed by atoms with E-state index in [-0.39, 0.29) is 0 Å². The standard InChI is InChI=1S/C10H11Br/c1-3-8(2)9-4-6-10(11)7-5-9/h4-7H,2-3H2,1H3. The van der Waals surface area contributed by atoms with Gasteiger partial charge in [-0.15, -0.1) is 0 Å². The van der Waals surface area contributed by atoms with Gasteiger partial charge in [0.1, 0.15) is 0 Å². The molecule has 11 heavy (non-hydrogen) atoms. The maximum atomic E-state index is 3.96. The molecule has 1 aromatic carbocycles. The molecule has 0 aliphatic rings. The summed E-state index contributed by atoms with van der Waals surface area (Å²) in [7, 11) is 0. The second-order valence-corrected chi connectivity index (χ2v) is 3.38. The van der Waals surface area contributed by atoms with Gasteiger partial charge in [-0.05, 0) is 29.7 Å². The fourth-order valence-corrected chi connectivity index (χ4v) is 1.15. The lowest BCUT2D eigenvalue weighted by molar-refractivity contribution is 1.24. The number of hydrogen-bond acceptors (Lipinski definition) is 0. The van der Waals surface area contributed by atoms with Gasteiger partial charge < -0.3 is 0 Å². The molecule has 0 aliphatic carbocycles. The number of halogens is 1. The largest absolute Gasteiger partial charge is 0.0952 e. The van der Waals surface area contributed by atoms with Crippen molar-refractivity contribution in [3.63, 3.8) is 0 Å². The minimum absolute atomic E-state index is 1.02. The van der Waals surface area contributed by atoms with Crippen molar-refractivity contribution in [1.82, 2.24) is 0 Å². The number of benzene rings is 1. The van der Waals surface area contributed by atoms with Crippen molar-refractivity contribution in [1.29, 1.82) is 0 Å². The van der Waals surface area contributed by atoms with Crippen molar-refractivity contribution >= 4 is 21.5 Å². The van der Waals surface area contributed by atoms with Gasteiger partial charge in [-0.2, -0.15) is 0 Å². The quantitative estimate of drug-likeness (QED) is 0.696. The molecule has 0 aliphatic heterocycles. The molecular formula is C10H11Br. The highest BCUT2D eigenvalue weighted by atomic mass is 79.9. The first-order valence-electron chi connectivity index (χ1n) is 3.67. The molecule has 0 saturated carbocycles. The van der Waals surface area contributed by atoms with E-state index in [2.05, 4.69) is 41.6 Å². The van der Waals surface area contributed by atoms with Crippen molar-refractivity contribution in [2.75, 3.05) is 0 Å². The van der Waals surface area contributed by atoms with E-state index in [1.165, 1.54) is 11.1 Å². The summed E-state index contributed by atoms with van der Waals surface area (Å²) in [6.45, 7) is 6.07.